The molecular weight excluding hydrogens is 482 g/mol. The Labute approximate surface area is 206 Å². The maximum Gasteiger partial charge on any atom is 0.176 e. The highest BCUT2D eigenvalue weighted by Gasteiger charge is 2.17. The van der Waals surface area contributed by atoms with Crippen LogP contribution in [0.4, 0.5) is 15.9 Å². The number of nitrogens with one attached hydrogen (secondary N) is 2. The fourth-order valence-electron chi connectivity index (χ4n) is 3.45. The molecule has 2 aromatic carbocycles. The maximum atomic E-state index is 14.2. The minimum absolute atomic E-state index is 0.204. The van der Waals surface area contributed by atoms with E-state index in [1.54, 1.807) is 27.7 Å². The Bertz CT molecular complexity index is 1280. The third-order valence-corrected chi connectivity index (χ3v) is 5.96. The highest BCUT2D eigenvalue weighted by Crippen LogP contribution is 2.25. The first-order valence-corrected chi connectivity index (χ1v) is 11.3. The van der Waals surface area contributed by atoms with Crippen LogP contribution in [0, 0.1) is 19.7 Å². The van der Waals surface area contributed by atoms with Crippen molar-refractivity contribution in [3.8, 4) is 0 Å². The molecule has 0 spiro atoms. The summed E-state index contributed by atoms with van der Waals surface area (Å²) in [6.07, 6.45) is 1.74. The van der Waals surface area contributed by atoms with Gasteiger partial charge in [0, 0.05) is 16.8 Å². The average molecular weight is 503 g/mol. The molecule has 2 heterocycles. The summed E-state index contributed by atoms with van der Waals surface area (Å²) in [5, 5.41) is 16.3. The molecule has 6 nitrogen and oxygen atoms in total. The predicted molar refractivity (Wildman–Crippen MR) is 135 cm³/mol. The molecule has 0 saturated carbocycles. The fraction of sp³-hybridized carbons (Fsp3) is 0.174. The topological polar surface area (TPSA) is 59.7 Å². The molecule has 33 heavy (non-hydrogen) atoms. The van der Waals surface area contributed by atoms with E-state index < -0.39 is 0 Å². The summed E-state index contributed by atoms with van der Waals surface area (Å²) in [6, 6.07) is 14.6. The van der Waals surface area contributed by atoms with E-state index in [-0.39, 0.29) is 12.4 Å². The van der Waals surface area contributed by atoms with Gasteiger partial charge in [-0.2, -0.15) is 10.2 Å². The third kappa shape index (κ3) is 5.35. The molecule has 10 heteroatoms. The Kier molecular flexibility index (Phi) is 6.97. The van der Waals surface area contributed by atoms with Crippen molar-refractivity contribution in [1.29, 1.82) is 0 Å². The van der Waals surface area contributed by atoms with Crippen molar-refractivity contribution in [1.82, 2.24) is 19.6 Å². The largest absolute Gasteiger partial charge is 0.329 e. The molecular formula is C23H21Cl2FN6S. The van der Waals surface area contributed by atoms with Gasteiger partial charge in [0.15, 0.2) is 10.9 Å². The Morgan fingerprint density at radius 2 is 1.73 bits per heavy atom. The van der Waals surface area contributed by atoms with Crippen molar-refractivity contribution in [3.05, 3.63) is 93.1 Å². The van der Waals surface area contributed by atoms with Crippen molar-refractivity contribution in [2.75, 3.05) is 10.6 Å². The summed E-state index contributed by atoms with van der Waals surface area (Å²) >= 11 is 18.0. The Morgan fingerprint density at radius 1 is 0.970 bits per heavy atom. The van der Waals surface area contributed by atoms with Gasteiger partial charge in [-0.25, -0.2) is 4.39 Å². The van der Waals surface area contributed by atoms with E-state index in [4.69, 9.17) is 35.4 Å². The number of aryl methyl sites for hydroxylation is 1. The molecule has 0 atom stereocenters. The van der Waals surface area contributed by atoms with Gasteiger partial charge in [0.25, 0.3) is 0 Å². The van der Waals surface area contributed by atoms with Gasteiger partial charge >= 0.3 is 0 Å². The van der Waals surface area contributed by atoms with Crippen LogP contribution in [0.1, 0.15) is 22.5 Å². The van der Waals surface area contributed by atoms with Gasteiger partial charge in [-0.15, -0.1) is 0 Å². The van der Waals surface area contributed by atoms with Gasteiger partial charge in [0.2, 0.25) is 0 Å². The highest BCUT2D eigenvalue weighted by atomic mass is 35.5. The van der Waals surface area contributed by atoms with Gasteiger partial charge in [0.1, 0.15) is 10.8 Å². The average Bonchev–Trinajstić information content (AvgIpc) is 3.24. The van der Waals surface area contributed by atoms with E-state index in [1.165, 1.54) is 6.07 Å². The first kappa shape index (κ1) is 23.2. The maximum absolute atomic E-state index is 14.2. The highest BCUT2D eigenvalue weighted by molar-refractivity contribution is 7.80. The van der Waals surface area contributed by atoms with Crippen LogP contribution < -0.4 is 10.6 Å². The molecule has 0 fully saturated rings. The van der Waals surface area contributed by atoms with E-state index in [9.17, 15) is 4.39 Å². The molecule has 0 amide bonds. The van der Waals surface area contributed by atoms with E-state index in [1.807, 2.05) is 44.2 Å². The minimum Gasteiger partial charge on any atom is -0.329 e. The molecule has 0 aliphatic heterocycles. The first-order chi connectivity index (χ1) is 15.8. The summed E-state index contributed by atoms with van der Waals surface area (Å²) < 4.78 is 17.6. The lowest BCUT2D eigenvalue weighted by Crippen LogP contribution is -2.20. The Morgan fingerprint density at radius 3 is 2.45 bits per heavy atom. The van der Waals surface area contributed by atoms with Crippen LogP contribution in [0.5, 0.6) is 0 Å². The zero-order valence-corrected chi connectivity index (χ0v) is 20.3. The number of benzene rings is 2. The third-order valence-electron chi connectivity index (χ3n) is 5.13. The van der Waals surface area contributed by atoms with Crippen LogP contribution in [0.15, 0.2) is 54.7 Å². The molecule has 0 aliphatic rings. The van der Waals surface area contributed by atoms with Crippen LogP contribution >= 0.6 is 35.4 Å². The zero-order valence-electron chi connectivity index (χ0n) is 17.9. The molecule has 2 N–H and O–H groups in total. The molecule has 0 saturated heterocycles. The second-order valence-corrected chi connectivity index (χ2v) is 8.71. The molecule has 4 rings (SSSR count). The van der Waals surface area contributed by atoms with Crippen LogP contribution in [0.3, 0.4) is 0 Å². The molecule has 0 aliphatic carbocycles. The molecule has 170 valence electrons. The van der Waals surface area contributed by atoms with Crippen LogP contribution in [-0.4, -0.2) is 24.7 Å². The van der Waals surface area contributed by atoms with Gasteiger partial charge < -0.3 is 10.6 Å². The van der Waals surface area contributed by atoms with Gasteiger partial charge in [0.05, 0.1) is 30.2 Å². The van der Waals surface area contributed by atoms with E-state index in [0.717, 1.165) is 16.9 Å². The van der Waals surface area contributed by atoms with Gasteiger partial charge in [-0.3, -0.25) is 9.36 Å². The standard InChI is InChI=1S/C23H21Cl2FN6S/c1-14-21(15(2)32(29-14)12-17-18(24)9-6-10-20(17)26)27-23(33)28-22-19(25)13-31(30-22)11-16-7-4-3-5-8-16/h3-10,13H,11-12H2,1-2H3,(H2,27,28,30,33). The van der Waals surface area contributed by atoms with Gasteiger partial charge in [-0.1, -0.05) is 59.6 Å². The summed E-state index contributed by atoms with van der Waals surface area (Å²) in [6.45, 7) is 4.52. The van der Waals surface area contributed by atoms with Crippen molar-refractivity contribution >= 4 is 52.0 Å². The number of anilines is 2. The molecule has 0 unspecified atom stereocenters. The zero-order chi connectivity index (χ0) is 23.5. The second-order valence-electron chi connectivity index (χ2n) is 7.49. The number of rotatable bonds is 6. The number of halogens is 3. The van der Waals surface area contributed by atoms with Crippen LogP contribution in [-0.2, 0) is 13.1 Å². The fourth-order valence-corrected chi connectivity index (χ4v) is 4.07. The SMILES string of the molecule is Cc1nn(Cc2c(F)cccc2Cl)c(C)c1NC(=S)Nc1nn(Cc2ccccc2)cc1Cl. The summed E-state index contributed by atoms with van der Waals surface area (Å²) in [5.74, 6) is 0.0772. The Balaban J connectivity index is 1.46. The van der Waals surface area contributed by atoms with Crippen molar-refractivity contribution in [2.45, 2.75) is 26.9 Å². The number of hydrogen-bond donors (Lipinski definition) is 2. The lowest BCUT2D eigenvalue weighted by molar-refractivity contribution is 0.579. The normalized spacial score (nSPS) is 10.9. The molecule has 0 radical (unpaired) electrons. The van der Waals surface area contributed by atoms with Gasteiger partial charge in [-0.05, 0) is 43.8 Å². The molecule has 4 aromatic rings. The van der Waals surface area contributed by atoms with Crippen molar-refractivity contribution in [2.24, 2.45) is 0 Å². The predicted octanol–water partition coefficient (Wildman–Crippen LogP) is 6.05. The lowest BCUT2D eigenvalue weighted by Gasteiger charge is -2.11. The summed E-state index contributed by atoms with van der Waals surface area (Å²) in [5.41, 5.74) is 3.71. The van der Waals surface area contributed by atoms with E-state index in [2.05, 4.69) is 20.8 Å². The quantitative estimate of drug-likeness (QED) is 0.314. The van der Waals surface area contributed by atoms with Crippen molar-refractivity contribution < 1.29 is 4.39 Å². The van der Waals surface area contributed by atoms with Crippen LogP contribution in [0.25, 0.3) is 0 Å². The summed E-state index contributed by atoms with van der Waals surface area (Å²) in [7, 11) is 0. The smallest absolute Gasteiger partial charge is 0.176 e. The second kappa shape index (κ2) is 9.91. The van der Waals surface area contributed by atoms with Crippen LogP contribution in [0.2, 0.25) is 10.0 Å². The number of thiocarbonyl (C=S) groups is 1. The first-order valence-electron chi connectivity index (χ1n) is 10.1. The number of hydrogen-bond acceptors (Lipinski definition) is 3. The number of nitrogens with zero attached hydrogens (tertiary/aromatic N) is 4. The van der Waals surface area contributed by atoms with E-state index in [0.29, 0.717) is 38.8 Å². The van der Waals surface area contributed by atoms with E-state index >= 15 is 0 Å². The minimum atomic E-state index is -0.373. The number of aromatic nitrogens is 4. The molecule has 2 aromatic heterocycles. The lowest BCUT2D eigenvalue weighted by atomic mass is 10.2. The molecule has 0 bridgehead atoms. The monoisotopic (exact) mass is 502 g/mol. The van der Waals surface area contributed by atoms with Crippen molar-refractivity contribution in [3.63, 3.8) is 0 Å². The summed E-state index contributed by atoms with van der Waals surface area (Å²) in [4.78, 5) is 0. The Hall–Kier alpha value is -2.94.